The normalized spacial score (nSPS) is 16.5. The molecule has 2 unspecified atom stereocenters. The Bertz CT molecular complexity index is 844. The average molecular weight is 423 g/mol. The summed E-state index contributed by atoms with van der Waals surface area (Å²) in [5.41, 5.74) is 4.38. The maximum Gasteiger partial charge on any atom is 0.122 e. The van der Waals surface area contributed by atoms with Crippen molar-refractivity contribution in [2.75, 3.05) is 19.8 Å². The van der Waals surface area contributed by atoms with Gasteiger partial charge in [0, 0.05) is 5.41 Å². The van der Waals surface area contributed by atoms with Crippen LogP contribution in [0, 0.1) is 0 Å². The second-order valence-electron chi connectivity index (χ2n) is 8.68. The number of allylic oxidation sites excluding steroid dienone is 2. The van der Waals surface area contributed by atoms with E-state index in [0.29, 0.717) is 13.0 Å². The zero-order chi connectivity index (χ0) is 22.4. The first-order valence-electron chi connectivity index (χ1n) is 10.9. The molecule has 2 atom stereocenters. The lowest BCUT2D eigenvalue weighted by molar-refractivity contribution is 0.122. The molecular weight excluding hydrogens is 388 g/mol. The molecule has 1 fully saturated rings. The molecule has 3 rings (SSSR count). The monoisotopic (exact) mass is 422 g/mol. The highest BCUT2D eigenvalue weighted by atomic mass is 16.6. The van der Waals surface area contributed by atoms with Gasteiger partial charge in [0.15, 0.2) is 0 Å². The summed E-state index contributed by atoms with van der Waals surface area (Å²) < 4.78 is 17.0. The standard InChI is InChI=1S/C27H34O4/c1-6-8-20-14-22(10-12-25(20)30-16-19(3)28)27(4,5)23-11-13-26(21(15-23)9-7-2)31-18-24-17-29-24/h6-7,10-15,19,24,28H,1-2,8-9,16-18H2,3-5H3. The third kappa shape index (κ3) is 5.99. The van der Waals surface area contributed by atoms with Crippen molar-refractivity contribution in [3.05, 3.63) is 84.0 Å². The van der Waals surface area contributed by atoms with E-state index in [0.717, 1.165) is 35.7 Å². The molecule has 0 bridgehead atoms. The van der Waals surface area contributed by atoms with E-state index >= 15 is 0 Å². The number of aliphatic hydroxyl groups excluding tert-OH is 1. The molecule has 2 aromatic carbocycles. The molecule has 1 aliphatic heterocycles. The Hall–Kier alpha value is -2.56. The predicted octanol–water partition coefficient (Wildman–Crippen LogP) is 5.01. The molecule has 2 aromatic rings. The first-order valence-corrected chi connectivity index (χ1v) is 10.9. The highest BCUT2D eigenvalue weighted by Gasteiger charge is 2.26. The molecule has 1 heterocycles. The van der Waals surface area contributed by atoms with E-state index < -0.39 is 6.10 Å². The number of rotatable bonds is 12. The van der Waals surface area contributed by atoms with Crippen molar-refractivity contribution in [3.8, 4) is 11.5 Å². The second-order valence-corrected chi connectivity index (χ2v) is 8.68. The van der Waals surface area contributed by atoms with Crippen LogP contribution in [-0.2, 0) is 23.0 Å². The molecule has 1 aliphatic rings. The Balaban J connectivity index is 1.89. The van der Waals surface area contributed by atoms with Crippen LogP contribution in [0.25, 0.3) is 0 Å². The quantitative estimate of drug-likeness (QED) is 0.386. The molecule has 0 aromatic heterocycles. The van der Waals surface area contributed by atoms with Crippen LogP contribution in [-0.4, -0.2) is 37.1 Å². The molecule has 1 saturated heterocycles. The summed E-state index contributed by atoms with van der Waals surface area (Å²) in [5, 5.41) is 9.56. The number of ether oxygens (including phenoxy) is 3. The second kappa shape index (κ2) is 10.2. The van der Waals surface area contributed by atoms with Crippen molar-refractivity contribution in [1.29, 1.82) is 0 Å². The number of hydrogen-bond acceptors (Lipinski definition) is 4. The molecule has 4 heteroatoms. The van der Waals surface area contributed by atoms with Crippen molar-refractivity contribution in [1.82, 2.24) is 0 Å². The third-order valence-corrected chi connectivity index (χ3v) is 5.60. The zero-order valence-corrected chi connectivity index (χ0v) is 18.9. The first kappa shape index (κ1) is 23.1. The summed E-state index contributed by atoms with van der Waals surface area (Å²) in [4.78, 5) is 0. The summed E-state index contributed by atoms with van der Waals surface area (Å²) in [6.45, 7) is 15.6. The van der Waals surface area contributed by atoms with E-state index in [1.54, 1.807) is 6.92 Å². The lowest BCUT2D eigenvalue weighted by Crippen LogP contribution is -2.20. The summed E-state index contributed by atoms with van der Waals surface area (Å²) in [6.07, 6.45) is 4.95. The fourth-order valence-electron chi connectivity index (χ4n) is 3.57. The van der Waals surface area contributed by atoms with Crippen LogP contribution in [0.1, 0.15) is 43.0 Å². The van der Waals surface area contributed by atoms with Crippen LogP contribution in [0.2, 0.25) is 0 Å². The van der Waals surface area contributed by atoms with Gasteiger partial charge in [-0.15, -0.1) is 13.2 Å². The van der Waals surface area contributed by atoms with Gasteiger partial charge in [-0.1, -0.05) is 50.3 Å². The van der Waals surface area contributed by atoms with Gasteiger partial charge in [-0.05, 0) is 54.2 Å². The lowest BCUT2D eigenvalue weighted by Gasteiger charge is -2.28. The van der Waals surface area contributed by atoms with Crippen LogP contribution in [0.3, 0.4) is 0 Å². The van der Waals surface area contributed by atoms with Gasteiger partial charge in [-0.3, -0.25) is 0 Å². The van der Waals surface area contributed by atoms with Gasteiger partial charge in [-0.2, -0.15) is 0 Å². The summed E-state index contributed by atoms with van der Waals surface area (Å²) in [7, 11) is 0. The number of hydrogen-bond donors (Lipinski definition) is 1. The molecule has 0 spiro atoms. The van der Waals surface area contributed by atoms with Crippen molar-refractivity contribution in [3.63, 3.8) is 0 Å². The summed E-state index contributed by atoms with van der Waals surface area (Å²) in [6, 6.07) is 12.7. The van der Waals surface area contributed by atoms with Gasteiger partial charge in [0.2, 0.25) is 0 Å². The van der Waals surface area contributed by atoms with E-state index in [9.17, 15) is 5.11 Å². The topological polar surface area (TPSA) is 51.2 Å². The lowest BCUT2D eigenvalue weighted by atomic mass is 9.76. The Kier molecular flexibility index (Phi) is 7.58. The van der Waals surface area contributed by atoms with Crippen LogP contribution in [0.5, 0.6) is 11.5 Å². The minimum absolute atomic E-state index is 0.216. The third-order valence-electron chi connectivity index (χ3n) is 5.60. The highest BCUT2D eigenvalue weighted by Crippen LogP contribution is 2.36. The van der Waals surface area contributed by atoms with Crippen molar-refractivity contribution >= 4 is 0 Å². The first-order chi connectivity index (χ1) is 14.8. The average Bonchev–Trinajstić information content (AvgIpc) is 3.56. The fourth-order valence-corrected chi connectivity index (χ4v) is 3.57. The van der Waals surface area contributed by atoms with Gasteiger partial charge in [0.1, 0.15) is 30.8 Å². The van der Waals surface area contributed by atoms with Gasteiger partial charge in [0.05, 0.1) is 12.7 Å². The Morgan fingerprint density at radius 3 is 2.00 bits per heavy atom. The summed E-state index contributed by atoms with van der Waals surface area (Å²) in [5.74, 6) is 1.68. The van der Waals surface area contributed by atoms with Crippen LogP contribution >= 0.6 is 0 Å². The van der Waals surface area contributed by atoms with Crippen LogP contribution < -0.4 is 9.47 Å². The van der Waals surface area contributed by atoms with Gasteiger partial charge in [0.25, 0.3) is 0 Å². The number of epoxide rings is 1. The summed E-state index contributed by atoms with van der Waals surface area (Å²) >= 11 is 0. The minimum atomic E-state index is -0.511. The maximum absolute atomic E-state index is 9.56. The Morgan fingerprint density at radius 1 is 1.03 bits per heavy atom. The molecule has 0 amide bonds. The maximum atomic E-state index is 9.56. The van der Waals surface area contributed by atoms with Gasteiger partial charge in [-0.25, -0.2) is 0 Å². The van der Waals surface area contributed by atoms with Crippen molar-refractivity contribution in [2.24, 2.45) is 0 Å². The number of benzene rings is 2. The molecular formula is C27H34O4. The highest BCUT2D eigenvalue weighted by molar-refractivity contribution is 5.48. The molecule has 31 heavy (non-hydrogen) atoms. The van der Waals surface area contributed by atoms with Crippen LogP contribution in [0.4, 0.5) is 0 Å². The zero-order valence-electron chi connectivity index (χ0n) is 18.9. The van der Waals surface area contributed by atoms with E-state index in [-0.39, 0.29) is 18.1 Å². The Labute approximate surface area is 186 Å². The number of aliphatic hydroxyl groups is 1. The molecule has 0 saturated carbocycles. The van der Waals surface area contributed by atoms with Gasteiger partial charge >= 0.3 is 0 Å². The predicted molar refractivity (Wildman–Crippen MR) is 125 cm³/mol. The molecule has 0 radical (unpaired) electrons. The van der Waals surface area contributed by atoms with E-state index in [2.05, 4.69) is 57.3 Å². The van der Waals surface area contributed by atoms with E-state index in [4.69, 9.17) is 14.2 Å². The van der Waals surface area contributed by atoms with Gasteiger partial charge < -0.3 is 19.3 Å². The van der Waals surface area contributed by atoms with Crippen LogP contribution in [0.15, 0.2) is 61.7 Å². The largest absolute Gasteiger partial charge is 0.491 e. The van der Waals surface area contributed by atoms with Crippen molar-refractivity contribution in [2.45, 2.75) is 51.2 Å². The van der Waals surface area contributed by atoms with E-state index in [1.165, 1.54) is 11.1 Å². The fraction of sp³-hybridized carbons (Fsp3) is 0.407. The Morgan fingerprint density at radius 2 is 1.55 bits per heavy atom. The van der Waals surface area contributed by atoms with E-state index in [1.807, 2.05) is 18.2 Å². The SMILES string of the molecule is C=CCc1cc(C(C)(C)c2ccc(OCC3CO3)c(CC=C)c2)ccc1OCC(C)O. The minimum Gasteiger partial charge on any atom is -0.491 e. The molecule has 1 N–H and O–H groups in total. The molecule has 4 nitrogen and oxygen atoms in total. The molecule has 166 valence electrons. The van der Waals surface area contributed by atoms with Crippen molar-refractivity contribution < 1.29 is 19.3 Å². The smallest absolute Gasteiger partial charge is 0.122 e. The molecule has 0 aliphatic carbocycles.